The van der Waals surface area contributed by atoms with Gasteiger partial charge in [0.15, 0.2) is 0 Å². The van der Waals surface area contributed by atoms with Gasteiger partial charge in [-0.15, -0.1) is 0 Å². The Morgan fingerprint density at radius 2 is 1.91 bits per heavy atom. The lowest BCUT2D eigenvalue weighted by Crippen LogP contribution is -2.03. The van der Waals surface area contributed by atoms with Crippen LogP contribution in [0.3, 0.4) is 0 Å². The van der Waals surface area contributed by atoms with Crippen molar-refractivity contribution in [3.63, 3.8) is 0 Å². The molecule has 0 atom stereocenters. The molecule has 1 aliphatic rings. The van der Waals surface area contributed by atoms with Crippen LogP contribution in [-0.4, -0.2) is 0 Å². The van der Waals surface area contributed by atoms with Gasteiger partial charge in [0.2, 0.25) is 0 Å². The van der Waals surface area contributed by atoms with E-state index in [1.54, 1.807) is 11.1 Å². The molecule has 0 saturated heterocycles. The molecule has 1 aliphatic carbocycles. The van der Waals surface area contributed by atoms with Crippen LogP contribution in [0.2, 0.25) is 0 Å². The summed E-state index contributed by atoms with van der Waals surface area (Å²) in [7, 11) is 0. The molecule has 0 N–H and O–H groups in total. The van der Waals surface area contributed by atoms with Gasteiger partial charge in [-0.1, -0.05) is 18.2 Å². The molecule has 0 radical (unpaired) electrons. The van der Waals surface area contributed by atoms with Gasteiger partial charge in [0.05, 0.1) is 0 Å². The molecule has 0 bridgehead atoms. The van der Waals surface area contributed by atoms with Crippen molar-refractivity contribution in [1.82, 2.24) is 0 Å². The summed E-state index contributed by atoms with van der Waals surface area (Å²) in [6.45, 7) is 2.23. The molecular weight excluding hydrogens is 132 g/mol. The second-order valence-electron chi connectivity index (χ2n) is 3.42. The molecule has 58 valence electrons. The van der Waals surface area contributed by atoms with Gasteiger partial charge >= 0.3 is 0 Å². The highest BCUT2D eigenvalue weighted by molar-refractivity contribution is 5.35. The van der Waals surface area contributed by atoms with E-state index in [9.17, 15) is 0 Å². The Balaban J connectivity index is 2.49. The molecule has 1 aromatic rings. The number of rotatable bonds is 0. The fourth-order valence-electron chi connectivity index (χ4n) is 1.97. The van der Waals surface area contributed by atoms with Gasteiger partial charge in [-0.3, -0.25) is 0 Å². The molecule has 11 heavy (non-hydrogen) atoms. The summed E-state index contributed by atoms with van der Waals surface area (Å²) in [6, 6.07) is 6.69. The van der Waals surface area contributed by atoms with E-state index in [1.807, 2.05) is 0 Å². The van der Waals surface area contributed by atoms with Crippen molar-refractivity contribution in [3.05, 3.63) is 34.9 Å². The van der Waals surface area contributed by atoms with E-state index in [-0.39, 0.29) is 0 Å². The highest BCUT2D eigenvalue weighted by Crippen LogP contribution is 2.23. The summed E-state index contributed by atoms with van der Waals surface area (Å²) >= 11 is 0. The molecule has 1 aromatic carbocycles. The Bertz CT molecular complexity index is 261. The smallest absolute Gasteiger partial charge is 0.0273 e. The second-order valence-corrected chi connectivity index (χ2v) is 3.42. The number of benzene rings is 1. The van der Waals surface area contributed by atoms with Crippen LogP contribution in [0.25, 0.3) is 0 Å². The van der Waals surface area contributed by atoms with Crippen molar-refractivity contribution in [2.24, 2.45) is 0 Å². The Morgan fingerprint density at radius 1 is 1.09 bits per heavy atom. The molecule has 2 rings (SSSR count). The molecule has 0 heterocycles. The molecule has 0 saturated carbocycles. The third-order valence-corrected chi connectivity index (χ3v) is 2.63. The summed E-state index contributed by atoms with van der Waals surface area (Å²) in [4.78, 5) is 0. The number of hydrogen-bond donors (Lipinski definition) is 0. The van der Waals surface area contributed by atoms with Gasteiger partial charge < -0.3 is 0 Å². The van der Waals surface area contributed by atoms with Crippen LogP contribution in [0.15, 0.2) is 18.2 Å². The molecular formula is C11H14. The van der Waals surface area contributed by atoms with Crippen LogP contribution in [0.1, 0.15) is 29.5 Å². The summed E-state index contributed by atoms with van der Waals surface area (Å²) in [5.74, 6) is 0. The predicted octanol–water partition coefficient (Wildman–Crippen LogP) is 2.87. The van der Waals surface area contributed by atoms with Crippen LogP contribution >= 0.6 is 0 Å². The van der Waals surface area contributed by atoms with Crippen LogP contribution in [0.5, 0.6) is 0 Å². The van der Waals surface area contributed by atoms with Crippen molar-refractivity contribution < 1.29 is 0 Å². The van der Waals surface area contributed by atoms with Crippen molar-refractivity contribution in [2.45, 2.75) is 32.6 Å². The first-order chi connectivity index (χ1) is 5.38. The van der Waals surface area contributed by atoms with Gasteiger partial charge in [-0.25, -0.2) is 0 Å². The van der Waals surface area contributed by atoms with Crippen molar-refractivity contribution in [3.8, 4) is 0 Å². The minimum Gasteiger partial charge on any atom is -0.0617 e. The first-order valence-electron chi connectivity index (χ1n) is 4.45. The van der Waals surface area contributed by atoms with Crippen LogP contribution in [-0.2, 0) is 12.8 Å². The molecule has 0 heteroatoms. The Kier molecular flexibility index (Phi) is 1.69. The Hall–Kier alpha value is -0.780. The second kappa shape index (κ2) is 2.69. The quantitative estimate of drug-likeness (QED) is 0.528. The average molecular weight is 146 g/mol. The first kappa shape index (κ1) is 6.90. The van der Waals surface area contributed by atoms with E-state index in [4.69, 9.17) is 0 Å². The zero-order valence-electron chi connectivity index (χ0n) is 7.06. The maximum atomic E-state index is 2.28. The van der Waals surface area contributed by atoms with Crippen molar-refractivity contribution >= 4 is 0 Å². The standard InChI is InChI=1S/C11H14/c1-9-5-4-7-10-6-2-3-8-11(9)10/h4-5,7H,2-3,6,8H2,1H3. The van der Waals surface area contributed by atoms with Crippen molar-refractivity contribution in [1.29, 1.82) is 0 Å². The molecule has 0 aromatic heterocycles. The lowest BCUT2D eigenvalue weighted by molar-refractivity contribution is 0.682. The normalized spacial score (nSPS) is 16.1. The summed E-state index contributed by atoms with van der Waals surface area (Å²) in [5, 5.41) is 0. The zero-order chi connectivity index (χ0) is 7.68. The third kappa shape index (κ3) is 1.18. The lowest BCUT2D eigenvalue weighted by Gasteiger charge is -2.17. The van der Waals surface area contributed by atoms with E-state index in [0.717, 1.165) is 0 Å². The summed E-state index contributed by atoms with van der Waals surface area (Å²) in [6.07, 6.45) is 5.38. The molecule has 0 amide bonds. The maximum Gasteiger partial charge on any atom is -0.0273 e. The predicted molar refractivity (Wildman–Crippen MR) is 47.8 cm³/mol. The van der Waals surface area contributed by atoms with E-state index in [0.29, 0.717) is 0 Å². The highest BCUT2D eigenvalue weighted by Gasteiger charge is 2.09. The molecule has 0 nitrogen and oxygen atoms in total. The maximum absolute atomic E-state index is 2.28. The van der Waals surface area contributed by atoms with Crippen LogP contribution < -0.4 is 0 Å². The monoisotopic (exact) mass is 146 g/mol. The summed E-state index contributed by atoms with van der Waals surface area (Å²) < 4.78 is 0. The van der Waals surface area contributed by atoms with Crippen LogP contribution in [0, 0.1) is 6.92 Å². The number of aryl methyl sites for hydroxylation is 2. The highest BCUT2D eigenvalue weighted by atomic mass is 14.1. The van der Waals surface area contributed by atoms with Gasteiger partial charge in [0, 0.05) is 0 Å². The van der Waals surface area contributed by atoms with Gasteiger partial charge in [-0.05, 0) is 49.3 Å². The Morgan fingerprint density at radius 3 is 2.73 bits per heavy atom. The molecule has 0 fully saturated rings. The van der Waals surface area contributed by atoms with E-state index >= 15 is 0 Å². The minimum atomic E-state index is 1.30. The fraction of sp³-hybridized carbons (Fsp3) is 0.455. The summed E-state index contributed by atoms with van der Waals surface area (Å²) in [5.41, 5.74) is 4.71. The van der Waals surface area contributed by atoms with E-state index < -0.39 is 0 Å². The SMILES string of the molecule is Cc1cccc2c1CCCC2. The van der Waals surface area contributed by atoms with Crippen LogP contribution in [0.4, 0.5) is 0 Å². The zero-order valence-corrected chi connectivity index (χ0v) is 7.06. The third-order valence-electron chi connectivity index (χ3n) is 2.63. The lowest BCUT2D eigenvalue weighted by atomic mass is 9.89. The number of hydrogen-bond acceptors (Lipinski definition) is 0. The van der Waals surface area contributed by atoms with Crippen molar-refractivity contribution in [2.75, 3.05) is 0 Å². The molecule has 0 spiro atoms. The molecule has 0 unspecified atom stereocenters. The molecule has 0 aliphatic heterocycles. The van der Waals surface area contributed by atoms with E-state index in [1.165, 1.54) is 31.2 Å². The van der Waals surface area contributed by atoms with Gasteiger partial charge in [0.25, 0.3) is 0 Å². The largest absolute Gasteiger partial charge is 0.0617 e. The fourth-order valence-corrected chi connectivity index (χ4v) is 1.97. The van der Waals surface area contributed by atoms with E-state index in [2.05, 4.69) is 25.1 Å². The first-order valence-corrected chi connectivity index (χ1v) is 4.45. The minimum absolute atomic E-state index is 1.30. The number of fused-ring (bicyclic) bond motifs is 1. The topological polar surface area (TPSA) is 0 Å². The van der Waals surface area contributed by atoms with Gasteiger partial charge in [-0.2, -0.15) is 0 Å². The Labute approximate surface area is 68.3 Å². The average Bonchev–Trinajstić information content (AvgIpc) is 2.06. The van der Waals surface area contributed by atoms with Gasteiger partial charge in [0.1, 0.15) is 0 Å².